The predicted octanol–water partition coefficient (Wildman–Crippen LogP) is 47.4. The molecule has 0 aromatic carbocycles. The van der Waals surface area contributed by atoms with Gasteiger partial charge in [0, 0.05) is 13.7 Å². The van der Waals surface area contributed by atoms with Crippen LogP contribution in [0.5, 0.6) is 0 Å². The fraction of sp³-hybridized carbons (Fsp3) is 1.00. The molecule has 122 heavy (non-hydrogen) atoms. The Bertz CT molecular complexity index is 5440. The van der Waals surface area contributed by atoms with E-state index in [2.05, 4.69) is 58.7 Å². The van der Waals surface area contributed by atoms with Crippen molar-refractivity contribution in [2.24, 2.45) is 122 Å². The molecule has 0 spiro atoms. The second kappa shape index (κ2) is 41.9. The van der Waals surface area contributed by atoms with Crippen molar-refractivity contribution < 1.29 is 198 Å². The van der Waals surface area contributed by atoms with Crippen molar-refractivity contribution in [2.75, 3.05) is 91.2 Å². The maximum atomic E-state index is 14.1. The molecule has 0 aromatic rings. The lowest BCUT2D eigenvalue weighted by Gasteiger charge is -2.24. The van der Waals surface area contributed by atoms with E-state index in [4.69, 9.17) is 0 Å². The van der Waals surface area contributed by atoms with Crippen LogP contribution in [0.4, 0.5) is 193 Å². The quantitative estimate of drug-likeness (QED) is 0.165. The summed E-state index contributed by atoms with van der Waals surface area (Å²) in [5.74, 6) is 0. The summed E-state index contributed by atoms with van der Waals surface area (Å²) in [6.07, 6.45) is 0. The van der Waals surface area contributed by atoms with Crippen LogP contribution in [0.25, 0.3) is 0 Å². The van der Waals surface area contributed by atoms with Crippen LogP contribution in [0.3, 0.4) is 0 Å². The van der Waals surface area contributed by atoms with Crippen molar-refractivity contribution in [1.29, 1.82) is 0 Å². The first kappa shape index (κ1) is 123. The van der Waals surface area contributed by atoms with Crippen molar-refractivity contribution in [3.63, 3.8) is 0 Å². The lowest BCUT2D eigenvalue weighted by Crippen LogP contribution is -2.10. The van der Waals surface area contributed by atoms with Crippen LogP contribution in [0.2, 0.25) is 0 Å². The van der Waals surface area contributed by atoms with Gasteiger partial charge in [0.2, 0.25) is 0 Å². The number of hydrogen-bond donors (Lipinski definition) is 2. The monoisotopic (exact) mass is 2410 g/mol. The maximum Gasteiger partial charge on any atom is 0.425 e. The van der Waals surface area contributed by atoms with Crippen LogP contribution in [-0.2, 0) is 4.52 Å². The molecule has 2 N–H and O–H groups in total. The fourth-order valence-corrected chi connectivity index (χ4v) is 55.5. The average molecular weight is 2410 g/mol. The van der Waals surface area contributed by atoms with Crippen molar-refractivity contribution in [3.8, 4) is 0 Å². The van der Waals surface area contributed by atoms with Gasteiger partial charge in [-0.05, 0) is 77.5 Å². The van der Waals surface area contributed by atoms with Crippen LogP contribution in [0.1, 0.15) is 6.92 Å². The molecule has 108 heteroatoms. The highest BCUT2D eigenvalue weighted by Gasteiger charge is 2.48. The van der Waals surface area contributed by atoms with Gasteiger partial charge in [0.15, 0.2) is 0 Å². The zero-order chi connectivity index (χ0) is 97.3. The Kier molecular flexibility index (Phi) is 42.2. The molecule has 7 aliphatic rings. The molecule has 35 nitrogen and oxygen atoms in total. The summed E-state index contributed by atoms with van der Waals surface area (Å²) in [4.78, 5) is 0. The third-order valence-electron chi connectivity index (χ3n) is 9.65. The third kappa shape index (κ3) is 42.9. The minimum absolute atomic E-state index is 0.261. The number of rotatable bonds is 9. The fourth-order valence-electron chi connectivity index (χ4n) is 5.32. The summed E-state index contributed by atoms with van der Waals surface area (Å²) in [7, 11) is -145. The van der Waals surface area contributed by atoms with E-state index in [0.717, 1.165) is 77.5 Å². The highest BCUT2D eigenvalue weighted by atomic mass is 31.3. The van der Waals surface area contributed by atoms with E-state index in [9.17, 15) is 193 Å². The molecule has 0 saturated carbocycles. The van der Waals surface area contributed by atoms with Gasteiger partial charge in [-0.15, -0.1) is 281 Å². The minimum Gasteiger partial charge on any atom is -0.306 e. The Morgan fingerprint density at radius 3 is 0.508 bits per heavy atom. The van der Waals surface area contributed by atoms with E-state index in [1.54, 1.807) is 49.7 Å². The molecule has 8 unspecified atom stereocenters. The Morgan fingerprint density at radius 2 is 0.328 bits per heavy atom. The van der Waals surface area contributed by atoms with E-state index < -0.39 is 210 Å². The Hall–Kier alpha value is 2.67. The Morgan fingerprint density at radius 1 is 0.189 bits per heavy atom. The largest absolute Gasteiger partial charge is 0.425 e. The Labute approximate surface area is 658 Å². The molecule has 7 heterocycles. The summed E-state index contributed by atoms with van der Waals surface area (Å²) >= 11 is 0. The van der Waals surface area contributed by atoms with E-state index in [1.165, 1.54) is 17.1 Å². The maximum absolute atomic E-state index is 14.1. The molecule has 0 amide bonds. The second-order valence-electron chi connectivity index (χ2n) is 20.1. The third-order valence-corrected chi connectivity index (χ3v) is 63.9. The van der Waals surface area contributed by atoms with E-state index in [1.807, 2.05) is 18.1 Å². The predicted molar refractivity (Wildman–Crippen MR) is 402 cm³/mol. The van der Waals surface area contributed by atoms with Crippen molar-refractivity contribution >= 4 is 210 Å². The van der Waals surface area contributed by atoms with Crippen LogP contribution in [0, 0.1) is 0 Å². The molecule has 0 bridgehead atoms. The topological polar surface area (TPSA) is 383 Å². The van der Waals surface area contributed by atoms with Crippen LogP contribution in [0.15, 0.2) is 122 Å². The molecule has 0 aliphatic carbocycles. The lowest BCUT2D eigenvalue weighted by molar-refractivity contribution is 0.420. The average Bonchev–Trinajstić information content (AvgIpc) is 0.771. The van der Waals surface area contributed by atoms with Gasteiger partial charge in [-0.25, -0.2) is 33.5 Å². The van der Waals surface area contributed by atoms with E-state index in [0.29, 0.717) is 30.5 Å². The number of hydrogen-bond acceptors (Lipinski definition) is 35. The molecule has 8 atom stereocenters. The molecule has 0 saturated heterocycles. The van der Waals surface area contributed by atoms with Gasteiger partial charge < -0.3 is 4.52 Å². The van der Waals surface area contributed by atoms with Gasteiger partial charge >= 0.3 is 210 Å². The molecule has 732 valence electrons. The molecule has 7 aliphatic heterocycles. The van der Waals surface area contributed by atoms with Gasteiger partial charge in [0.1, 0.15) is 0 Å². The lowest BCUT2D eigenvalue weighted by atomic mass is 10.8. The standard InChI is InChI=1S/C4H12F6N6P4.C3H8F7N5P4.C3H9F6N5OP4.C2H6F7N5P4.2CH4F7N5P4.F6N3P3/c1-15(2)19(9)11-17(5,6)13-20(10,16(3)4)14-18(7,8)12-19;1-3-15(2)19(10)13-17(6,7)11-16(4,5)12-18(8,9)14-19;1-14(2)18(8)10-16(4,5)12-19(9,15-3)13-17(6,7)11-18;1-14(2)18(9)12-16(5,6)10-15(3,4)11-17(7,8)13-18;2*1-9-17(8)12-15(4,5)10-14(2,3)11-16(6,7)13-17;1-10(2)7-11(3,4)9-12(5,6)8-10/h1-4H3;3H2,1-2H3;1-3H3;1-2H3;2*9H,1H3;. The summed E-state index contributed by atoms with van der Waals surface area (Å²) in [6.45, 7) is 1.02. The summed E-state index contributed by atoms with van der Waals surface area (Å²) in [5, 5.41) is 2.88. The summed E-state index contributed by atoms with van der Waals surface area (Å²) in [6, 6.07) is 0. The highest BCUT2D eigenvalue weighted by Crippen LogP contribution is 2.90. The first-order valence-electron chi connectivity index (χ1n) is 26.7. The second-order valence-corrected chi connectivity index (χ2v) is 69.8. The highest BCUT2D eigenvalue weighted by molar-refractivity contribution is 7.84. The van der Waals surface area contributed by atoms with Crippen molar-refractivity contribution in [3.05, 3.63) is 0 Å². The van der Waals surface area contributed by atoms with E-state index in [-0.39, 0.29) is 6.54 Å². The molecule has 0 radical (unpaired) electrons. The zero-order valence-electron chi connectivity index (χ0n) is 58.9. The normalized spacial score (nSPS) is 34.0. The SMILES string of the molecule is CCN(C)P1(F)=NP(F)(F)=NP(F)(F)=NP(F)(F)=N1.CN(C)P1(F)=NP(F)(F)=NP(F)(F)=NP(F)(F)=N1.CN(C)P1(F)=NP(F)(F)=NP(F)(N(C)C)=NP(F)(F)=N1.CNP1(F)=NP(F)(F)=NP(F)(F)=NP(F)(F)=N1.CNP1(F)=NP(F)(F)=NP(F)(F)=NP(F)(F)=N1.COP1(F)=NP(F)(F)=NP(F)(N(C)C)=NP(F)(F)=N1.FP1(F)=NP(F)(F)=NP(F)(F)=N1. The first-order valence-corrected chi connectivity index (χ1v) is 67.1. The van der Waals surface area contributed by atoms with Crippen LogP contribution in [-0.4, -0.2) is 115 Å². The van der Waals surface area contributed by atoms with Gasteiger partial charge in [0.25, 0.3) is 0 Å². The van der Waals surface area contributed by atoms with Gasteiger partial charge in [-0.2, -0.15) is 33.6 Å². The van der Waals surface area contributed by atoms with Crippen molar-refractivity contribution in [2.45, 2.75) is 6.92 Å². The molecular formula is C14H43F46N34OP27. The van der Waals surface area contributed by atoms with Gasteiger partial charge in [-0.1, -0.05) is 6.92 Å². The number of halogens is 46. The Balaban J connectivity index is 0.000000714. The molecule has 7 rings (SSSR count). The summed E-state index contributed by atoms with van der Waals surface area (Å²) < 4.78 is 658. The zero-order valence-corrected chi connectivity index (χ0v) is 83.0. The van der Waals surface area contributed by atoms with Crippen molar-refractivity contribution in [1.82, 2.24) is 33.5 Å². The van der Waals surface area contributed by atoms with E-state index >= 15 is 0 Å². The first-order chi connectivity index (χ1) is 53.0. The van der Waals surface area contributed by atoms with Crippen LogP contribution >= 0.6 is 210 Å². The smallest absolute Gasteiger partial charge is 0.306 e. The molecule has 0 fully saturated rings. The number of nitrogens with one attached hydrogen (secondary N) is 2. The molecule has 0 aromatic heterocycles. The van der Waals surface area contributed by atoms with Crippen LogP contribution < -0.4 is 10.2 Å². The van der Waals surface area contributed by atoms with Gasteiger partial charge in [-0.3, -0.25) is 0 Å². The van der Waals surface area contributed by atoms with Gasteiger partial charge in [0.05, 0.1) is 0 Å². The minimum atomic E-state index is -6.25. The molecular weight excluding hydrogens is 2370 g/mol. The number of nitrogens with zero attached hydrogens (tertiary/aromatic N) is 32. The summed E-state index contributed by atoms with van der Waals surface area (Å²) in [5.41, 5.74) is 0.